The van der Waals surface area contributed by atoms with Gasteiger partial charge < -0.3 is 19.4 Å². The van der Waals surface area contributed by atoms with Crippen molar-refractivity contribution >= 4 is 23.7 Å². The molecule has 7 nitrogen and oxygen atoms in total. The molecule has 2 rings (SSSR count). The lowest BCUT2D eigenvalue weighted by Gasteiger charge is -2.40. The summed E-state index contributed by atoms with van der Waals surface area (Å²) >= 11 is 0. The number of carboxylic acid groups (broad SMARTS) is 1. The summed E-state index contributed by atoms with van der Waals surface area (Å²) in [6, 6.07) is 0. The lowest BCUT2D eigenvalue weighted by atomic mass is 9.67. The van der Waals surface area contributed by atoms with E-state index in [1.54, 1.807) is 0 Å². The van der Waals surface area contributed by atoms with E-state index < -0.39 is 11.9 Å². The van der Waals surface area contributed by atoms with Gasteiger partial charge in [-0.15, -0.1) is 0 Å². The Labute approximate surface area is 336 Å². The first-order valence-electron chi connectivity index (χ1n) is 19.8. The van der Waals surface area contributed by atoms with Crippen LogP contribution in [0, 0.1) is 16.7 Å². The number of hydrogen-bond acceptors (Lipinski definition) is 6. The summed E-state index contributed by atoms with van der Waals surface area (Å²) < 4.78 is 11.3. The van der Waals surface area contributed by atoms with Crippen molar-refractivity contribution in [2.75, 3.05) is 0 Å². The third kappa shape index (κ3) is 17.8. The molecule has 0 heterocycles. The summed E-state index contributed by atoms with van der Waals surface area (Å²) in [6.07, 6.45) is 33.0. The van der Waals surface area contributed by atoms with Gasteiger partial charge in [0.05, 0.1) is 19.3 Å². The number of ketones is 1. The van der Waals surface area contributed by atoms with Crippen LogP contribution in [0.15, 0.2) is 130 Å². The second kappa shape index (κ2) is 22.7. The van der Waals surface area contributed by atoms with Crippen molar-refractivity contribution in [3.63, 3.8) is 0 Å². The molecule has 1 N–H and O–H groups in total. The highest BCUT2D eigenvalue weighted by molar-refractivity contribution is 5.81. The Morgan fingerprint density at radius 3 is 1.75 bits per heavy atom. The Bertz CT molecular complexity index is 1770. The quantitative estimate of drug-likeness (QED) is 0.0841. The average molecular weight is 767 g/mol. The number of carbonyl (C=O) groups is 4. The molecule has 56 heavy (non-hydrogen) atoms. The molecule has 3 atom stereocenters. The van der Waals surface area contributed by atoms with Crippen LogP contribution in [0.3, 0.4) is 0 Å². The van der Waals surface area contributed by atoms with E-state index in [0.29, 0.717) is 12.8 Å². The molecule has 2 aliphatic rings. The van der Waals surface area contributed by atoms with E-state index in [1.165, 1.54) is 23.6 Å². The Morgan fingerprint density at radius 1 is 0.696 bits per heavy atom. The monoisotopic (exact) mass is 766 g/mol. The molecule has 0 saturated carbocycles. The van der Waals surface area contributed by atoms with Crippen LogP contribution in [0.1, 0.15) is 121 Å². The number of carbonyl (C=O) groups excluding carboxylic acids is 3. The minimum atomic E-state index is -0.999. The highest BCUT2D eigenvalue weighted by Crippen LogP contribution is 2.43. The molecular weight excluding hydrogens is 701 g/mol. The standard InChI is InChI=1S/C49H66O7/c1-34(18-14-20-36(3)22-25-43-38(5)30-41(32-48(43,8)9)55-46(53)28-24-40(7)50)16-12-13-17-35(2)19-15-21-37(4)23-26-44-39(6)31-42(33-49(44,10)11)56-47(54)29-27-45(51)52/h12-23,25-26,30,41-43H,24,27-29,31-33H2,1-11H3,(H,51,52)/b13-12+,18-14+,19-15+,25-22+,26-23+,34-16+,35-17+,36-20+,37-21+. The number of esters is 2. The van der Waals surface area contributed by atoms with Gasteiger partial charge in [0.2, 0.25) is 0 Å². The molecule has 0 spiro atoms. The summed E-state index contributed by atoms with van der Waals surface area (Å²) in [4.78, 5) is 46.3. The number of carboxylic acids is 1. The minimum Gasteiger partial charge on any atom is -0.481 e. The lowest BCUT2D eigenvalue weighted by molar-refractivity contribution is -0.153. The van der Waals surface area contributed by atoms with Crippen LogP contribution in [-0.4, -0.2) is 41.0 Å². The molecule has 0 aromatic carbocycles. The summed E-state index contributed by atoms with van der Waals surface area (Å²) in [5, 5.41) is 8.83. The van der Waals surface area contributed by atoms with E-state index in [0.717, 1.165) is 28.7 Å². The fourth-order valence-corrected chi connectivity index (χ4v) is 7.20. The van der Waals surface area contributed by atoms with Crippen molar-refractivity contribution in [1.29, 1.82) is 0 Å². The first kappa shape index (κ1) is 47.4. The van der Waals surface area contributed by atoms with Crippen LogP contribution in [0.5, 0.6) is 0 Å². The maximum atomic E-state index is 12.2. The number of Topliss-reactive ketones (excluding diaryl/α,β-unsaturated/α-hetero) is 1. The molecular formula is C49H66O7. The van der Waals surface area contributed by atoms with Gasteiger partial charge >= 0.3 is 17.9 Å². The van der Waals surface area contributed by atoms with Gasteiger partial charge in [-0.25, -0.2) is 0 Å². The van der Waals surface area contributed by atoms with Crippen LogP contribution in [0.25, 0.3) is 0 Å². The van der Waals surface area contributed by atoms with Crippen LogP contribution < -0.4 is 0 Å². The minimum absolute atomic E-state index is 0.00776. The van der Waals surface area contributed by atoms with E-state index in [2.05, 4.69) is 136 Å². The fraction of sp³-hybridized carbons (Fsp3) is 0.469. The highest BCUT2D eigenvalue weighted by Gasteiger charge is 2.37. The van der Waals surface area contributed by atoms with Crippen LogP contribution in [0.4, 0.5) is 0 Å². The SMILES string of the molecule is CC(=O)CCC(=O)OC1C=C(C)C(/C=C/C(C)=C/C=C/C(C)=C/C=C/C=C(C)/C=C/C=C(C)/C=C/C2=C(C)CC(OC(=O)CCC(=O)O)CC2(C)C)C(C)(C)C1. The second-order valence-electron chi connectivity index (χ2n) is 16.7. The summed E-state index contributed by atoms with van der Waals surface area (Å²) in [7, 11) is 0. The highest BCUT2D eigenvalue weighted by atomic mass is 16.5. The molecule has 0 aromatic rings. The summed E-state index contributed by atoms with van der Waals surface area (Å²) in [5.74, 6) is -1.55. The first-order valence-corrected chi connectivity index (χ1v) is 19.8. The smallest absolute Gasteiger partial charge is 0.306 e. The van der Waals surface area contributed by atoms with Gasteiger partial charge in [0.1, 0.15) is 18.0 Å². The molecule has 3 unspecified atom stereocenters. The zero-order valence-corrected chi connectivity index (χ0v) is 35.7. The van der Waals surface area contributed by atoms with E-state index >= 15 is 0 Å². The van der Waals surface area contributed by atoms with Gasteiger partial charge in [-0.2, -0.15) is 0 Å². The molecule has 0 saturated heterocycles. The molecule has 0 aliphatic heterocycles. The molecule has 0 amide bonds. The third-order valence-corrected chi connectivity index (χ3v) is 10.1. The molecule has 0 fully saturated rings. The number of rotatable bonds is 18. The topological polar surface area (TPSA) is 107 Å². The Kier molecular flexibility index (Phi) is 19.2. The van der Waals surface area contributed by atoms with Gasteiger partial charge in [0, 0.05) is 18.8 Å². The van der Waals surface area contributed by atoms with Crippen molar-refractivity contribution in [1.82, 2.24) is 0 Å². The fourth-order valence-electron chi connectivity index (χ4n) is 7.20. The summed E-state index contributed by atoms with van der Waals surface area (Å²) in [6.45, 7) is 22.7. The zero-order chi connectivity index (χ0) is 42.1. The average Bonchev–Trinajstić information content (AvgIpc) is 3.07. The number of hydrogen-bond donors (Lipinski definition) is 1. The summed E-state index contributed by atoms with van der Waals surface area (Å²) in [5.41, 5.74) is 7.87. The molecule has 0 bridgehead atoms. The van der Waals surface area contributed by atoms with Gasteiger partial charge in [0.15, 0.2) is 0 Å². The molecule has 0 aromatic heterocycles. The largest absolute Gasteiger partial charge is 0.481 e. The molecule has 7 heteroatoms. The third-order valence-electron chi connectivity index (χ3n) is 10.1. The van der Waals surface area contributed by atoms with Gasteiger partial charge in [-0.05, 0) is 83.8 Å². The predicted octanol–water partition coefficient (Wildman–Crippen LogP) is 11.7. The molecule has 2 aliphatic carbocycles. The van der Waals surface area contributed by atoms with Crippen molar-refractivity contribution < 1.29 is 33.8 Å². The number of ether oxygens (including phenoxy) is 2. The maximum Gasteiger partial charge on any atom is 0.306 e. The molecule has 304 valence electrons. The van der Waals surface area contributed by atoms with Crippen LogP contribution in [0.2, 0.25) is 0 Å². The van der Waals surface area contributed by atoms with E-state index in [4.69, 9.17) is 14.6 Å². The first-order chi connectivity index (χ1) is 26.2. The van der Waals surface area contributed by atoms with E-state index in [9.17, 15) is 19.2 Å². The van der Waals surface area contributed by atoms with Crippen molar-refractivity contribution in [2.24, 2.45) is 16.7 Å². The van der Waals surface area contributed by atoms with Crippen LogP contribution in [-0.2, 0) is 28.7 Å². The van der Waals surface area contributed by atoms with Crippen molar-refractivity contribution in [3.8, 4) is 0 Å². The Morgan fingerprint density at radius 2 is 1.21 bits per heavy atom. The van der Waals surface area contributed by atoms with E-state index in [-0.39, 0.29) is 66.4 Å². The lowest BCUT2D eigenvalue weighted by Crippen LogP contribution is -2.35. The molecule has 0 radical (unpaired) electrons. The zero-order valence-electron chi connectivity index (χ0n) is 35.7. The van der Waals surface area contributed by atoms with Gasteiger partial charge in [-0.1, -0.05) is 146 Å². The Hall–Kier alpha value is -4.78. The Balaban J connectivity index is 1.91. The van der Waals surface area contributed by atoms with Crippen molar-refractivity contribution in [2.45, 2.75) is 133 Å². The predicted molar refractivity (Wildman–Crippen MR) is 229 cm³/mol. The number of aliphatic carboxylic acids is 1. The van der Waals surface area contributed by atoms with Gasteiger partial charge in [0.25, 0.3) is 0 Å². The van der Waals surface area contributed by atoms with E-state index in [1.807, 2.05) is 24.3 Å². The van der Waals surface area contributed by atoms with Crippen molar-refractivity contribution in [3.05, 3.63) is 130 Å². The van der Waals surface area contributed by atoms with Gasteiger partial charge in [-0.3, -0.25) is 14.4 Å². The maximum absolute atomic E-state index is 12.2. The normalized spacial score (nSPS) is 22.5. The number of allylic oxidation sites excluding steroid dienone is 20. The second-order valence-corrected chi connectivity index (χ2v) is 16.7. The van der Waals surface area contributed by atoms with Crippen LogP contribution >= 0.6 is 0 Å².